The molecule has 0 amide bonds. The standard InChI is InChI=1S/C13H28N4O/c1-3-12(9-13(14)16-18)15-10-11(2)17-7-5-4-6-8-17/h11-12,15,18H,3-10H2,1-2H3,(H2,14,16). The summed E-state index contributed by atoms with van der Waals surface area (Å²) in [6, 6.07) is 0.861. The Labute approximate surface area is 110 Å². The Morgan fingerprint density at radius 3 is 2.61 bits per heavy atom. The lowest BCUT2D eigenvalue weighted by Crippen LogP contribution is -2.46. The number of amidine groups is 1. The van der Waals surface area contributed by atoms with Crippen LogP contribution in [0.2, 0.25) is 0 Å². The zero-order valence-electron chi connectivity index (χ0n) is 11.7. The number of oxime groups is 1. The summed E-state index contributed by atoms with van der Waals surface area (Å²) in [5, 5.41) is 15.1. The summed E-state index contributed by atoms with van der Waals surface area (Å²) >= 11 is 0. The van der Waals surface area contributed by atoms with Crippen LogP contribution >= 0.6 is 0 Å². The number of rotatable bonds is 7. The van der Waals surface area contributed by atoms with Gasteiger partial charge >= 0.3 is 0 Å². The number of hydrogen-bond donors (Lipinski definition) is 3. The van der Waals surface area contributed by atoms with Gasteiger partial charge in [-0.15, -0.1) is 0 Å². The zero-order chi connectivity index (χ0) is 13.4. The van der Waals surface area contributed by atoms with Crippen LogP contribution in [0.5, 0.6) is 0 Å². The van der Waals surface area contributed by atoms with Crippen molar-refractivity contribution in [3.63, 3.8) is 0 Å². The molecule has 2 unspecified atom stereocenters. The van der Waals surface area contributed by atoms with Crippen molar-refractivity contribution < 1.29 is 5.21 Å². The lowest BCUT2D eigenvalue weighted by Gasteiger charge is -2.33. The first kappa shape index (κ1) is 15.2. The van der Waals surface area contributed by atoms with E-state index in [-0.39, 0.29) is 0 Å². The molecule has 1 aliphatic rings. The highest BCUT2D eigenvalue weighted by Crippen LogP contribution is 2.11. The molecule has 1 heterocycles. The van der Waals surface area contributed by atoms with Crippen LogP contribution in [0.25, 0.3) is 0 Å². The average Bonchev–Trinajstić information content (AvgIpc) is 2.43. The van der Waals surface area contributed by atoms with E-state index in [0.29, 0.717) is 24.3 Å². The molecule has 5 nitrogen and oxygen atoms in total. The number of hydrogen-bond acceptors (Lipinski definition) is 4. The van der Waals surface area contributed by atoms with Crippen molar-refractivity contribution >= 4 is 5.84 Å². The zero-order valence-corrected chi connectivity index (χ0v) is 11.7. The molecule has 106 valence electrons. The maximum atomic E-state index is 8.59. The minimum absolute atomic E-state index is 0.299. The van der Waals surface area contributed by atoms with E-state index >= 15 is 0 Å². The first-order chi connectivity index (χ1) is 8.67. The van der Waals surface area contributed by atoms with Gasteiger partial charge in [0, 0.05) is 25.0 Å². The average molecular weight is 256 g/mol. The largest absolute Gasteiger partial charge is 0.409 e. The van der Waals surface area contributed by atoms with Crippen LogP contribution in [0.3, 0.4) is 0 Å². The molecule has 1 fully saturated rings. The fraction of sp³-hybridized carbons (Fsp3) is 0.923. The fourth-order valence-corrected chi connectivity index (χ4v) is 2.48. The molecule has 4 N–H and O–H groups in total. The Morgan fingerprint density at radius 1 is 1.39 bits per heavy atom. The van der Waals surface area contributed by atoms with Gasteiger partial charge in [0.25, 0.3) is 0 Å². The van der Waals surface area contributed by atoms with Gasteiger partial charge in [0.15, 0.2) is 0 Å². The van der Waals surface area contributed by atoms with Crippen molar-refractivity contribution in [3.8, 4) is 0 Å². The summed E-state index contributed by atoms with van der Waals surface area (Å²) in [6.07, 6.45) is 5.62. The van der Waals surface area contributed by atoms with Gasteiger partial charge in [0.05, 0.1) is 0 Å². The topological polar surface area (TPSA) is 73.9 Å². The van der Waals surface area contributed by atoms with Crippen molar-refractivity contribution in [2.75, 3.05) is 19.6 Å². The SMILES string of the molecule is CCC(CC(N)=NO)NCC(C)N1CCCCC1. The first-order valence-electron chi connectivity index (χ1n) is 7.11. The highest BCUT2D eigenvalue weighted by Gasteiger charge is 2.17. The third-order valence-electron chi connectivity index (χ3n) is 3.79. The van der Waals surface area contributed by atoms with Crippen molar-refractivity contribution in [1.29, 1.82) is 0 Å². The van der Waals surface area contributed by atoms with Gasteiger partial charge in [-0.05, 0) is 39.3 Å². The molecule has 2 atom stereocenters. The maximum Gasteiger partial charge on any atom is 0.140 e. The molecule has 0 radical (unpaired) electrons. The van der Waals surface area contributed by atoms with Crippen molar-refractivity contribution in [2.24, 2.45) is 10.9 Å². The molecule has 0 aromatic carbocycles. The van der Waals surface area contributed by atoms with Gasteiger partial charge < -0.3 is 16.3 Å². The highest BCUT2D eigenvalue weighted by molar-refractivity contribution is 5.80. The molecular weight excluding hydrogens is 228 g/mol. The van der Waals surface area contributed by atoms with E-state index in [2.05, 4.69) is 29.2 Å². The summed E-state index contributed by atoms with van der Waals surface area (Å²) in [6.45, 7) is 7.80. The van der Waals surface area contributed by atoms with E-state index in [9.17, 15) is 0 Å². The highest BCUT2D eigenvalue weighted by atomic mass is 16.4. The molecule has 1 saturated heterocycles. The molecule has 18 heavy (non-hydrogen) atoms. The van der Waals surface area contributed by atoms with E-state index < -0.39 is 0 Å². The lowest BCUT2D eigenvalue weighted by molar-refractivity contribution is 0.168. The van der Waals surface area contributed by atoms with Gasteiger partial charge in [-0.1, -0.05) is 18.5 Å². The minimum atomic E-state index is 0.299. The van der Waals surface area contributed by atoms with Crippen LogP contribution in [0.15, 0.2) is 5.16 Å². The molecule has 5 heteroatoms. The summed E-state index contributed by atoms with van der Waals surface area (Å²) in [5.74, 6) is 0.306. The molecule has 0 saturated carbocycles. The van der Waals surface area contributed by atoms with Crippen LogP contribution in [-0.4, -0.2) is 47.7 Å². The van der Waals surface area contributed by atoms with E-state index in [1.807, 2.05) is 0 Å². The van der Waals surface area contributed by atoms with Crippen molar-refractivity contribution in [1.82, 2.24) is 10.2 Å². The first-order valence-corrected chi connectivity index (χ1v) is 7.11. The second-order valence-electron chi connectivity index (χ2n) is 5.25. The second kappa shape index (κ2) is 8.32. The van der Waals surface area contributed by atoms with Gasteiger partial charge in [-0.2, -0.15) is 0 Å². The normalized spacial score (nSPS) is 21.8. The van der Waals surface area contributed by atoms with Gasteiger partial charge in [-0.3, -0.25) is 4.90 Å². The van der Waals surface area contributed by atoms with Crippen LogP contribution in [0.1, 0.15) is 46.0 Å². The summed E-state index contributed by atoms with van der Waals surface area (Å²) < 4.78 is 0. The number of likely N-dealkylation sites (tertiary alicyclic amines) is 1. The Kier molecular flexibility index (Phi) is 7.05. The summed E-state index contributed by atoms with van der Waals surface area (Å²) in [4.78, 5) is 2.55. The Bertz CT molecular complexity index is 251. The predicted molar refractivity (Wildman–Crippen MR) is 75.0 cm³/mol. The summed E-state index contributed by atoms with van der Waals surface area (Å²) in [7, 11) is 0. The Morgan fingerprint density at radius 2 is 2.06 bits per heavy atom. The van der Waals surface area contributed by atoms with E-state index in [1.165, 1.54) is 32.4 Å². The quantitative estimate of drug-likeness (QED) is 0.278. The predicted octanol–water partition coefficient (Wildman–Crippen LogP) is 1.37. The van der Waals surface area contributed by atoms with Crippen molar-refractivity contribution in [3.05, 3.63) is 0 Å². The van der Waals surface area contributed by atoms with E-state index in [4.69, 9.17) is 10.9 Å². The van der Waals surface area contributed by atoms with Crippen LogP contribution in [0, 0.1) is 0 Å². The number of nitrogens with one attached hydrogen (secondary N) is 1. The number of nitrogens with zero attached hydrogens (tertiary/aromatic N) is 2. The number of piperidine rings is 1. The molecule has 0 aliphatic carbocycles. The van der Waals surface area contributed by atoms with Crippen molar-refractivity contribution in [2.45, 2.75) is 58.0 Å². The maximum absolute atomic E-state index is 8.59. The molecule has 1 rings (SSSR count). The monoisotopic (exact) mass is 256 g/mol. The lowest BCUT2D eigenvalue weighted by atomic mass is 10.1. The van der Waals surface area contributed by atoms with Crippen LogP contribution < -0.4 is 11.1 Å². The smallest absolute Gasteiger partial charge is 0.140 e. The molecule has 0 aromatic heterocycles. The second-order valence-corrected chi connectivity index (χ2v) is 5.25. The summed E-state index contributed by atoms with van der Waals surface area (Å²) in [5.41, 5.74) is 5.55. The van der Waals surface area contributed by atoms with Gasteiger partial charge in [-0.25, -0.2) is 0 Å². The molecule has 1 aliphatic heterocycles. The van der Waals surface area contributed by atoms with Crippen LogP contribution in [-0.2, 0) is 0 Å². The van der Waals surface area contributed by atoms with E-state index in [0.717, 1.165) is 13.0 Å². The van der Waals surface area contributed by atoms with Crippen LogP contribution in [0.4, 0.5) is 0 Å². The van der Waals surface area contributed by atoms with Gasteiger partial charge in [0.2, 0.25) is 0 Å². The molecule has 0 bridgehead atoms. The number of nitrogens with two attached hydrogens (primary N) is 1. The Hall–Kier alpha value is -0.810. The minimum Gasteiger partial charge on any atom is -0.409 e. The van der Waals surface area contributed by atoms with E-state index in [1.54, 1.807) is 0 Å². The molecule has 0 spiro atoms. The fourth-order valence-electron chi connectivity index (χ4n) is 2.48. The third-order valence-corrected chi connectivity index (χ3v) is 3.79. The van der Waals surface area contributed by atoms with Gasteiger partial charge in [0.1, 0.15) is 5.84 Å². The molecule has 0 aromatic rings. The third kappa shape index (κ3) is 5.23. The molecular formula is C13H28N4O. The Balaban J connectivity index is 2.28.